The van der Waals surface area contributed by atoms with Crippen LogP contribution in [0.2, 0.25) is 0 Å². The summed E-state index contributed by atoms with van der Waals surface area (Å²) < 4.78 is 21.1. The predicted molar refractivity (Wildman–Crippen MR) is 123 cm³/mol. The van der Waals surface area contributed by atoms with Crippen LogP contribution in [0.4, 0.5) is 4.39 Å². The van der Waals surface area contributed by atoms with E-state index in [4.69, 9.17) is 4.74 Å². The van der Waals surface area contributed by atoms with Crippen molar-refractivity contribution in [1.82, 2.24) is 25.0 Å². The summed E-state index contributed by atoms with van der Waals surface area (Å²) in [5, 5.41) is 17.1. The van der Waals surface area contributed by atoms with Crippen molar-refractivity contribution in [1.29, 1.82) is 0 Å². The highest BCUT2D eigenvalue weighted by molar-refractivity contribution is 6.01. The van der Waals surface area contributed by atoms with Crippen molar-refractivity contribution in [2.24, 2.45) is 10.4 Å². The van der Waals surface area contributed by atoms with Crippen molar-refractivity contribution in [3.8, 4) is 5.69 Å². The number of halogens is 1. The number of hydrogen-bond donors (Lipinski definition) is 2. The molecule has 1 amide bonds. The van der Waals surface area contributed by atoms with Crippen molar-refractivity contribution in [3.63, 3.8) is 0 Å². The molecular formula is C23H29FN6O4. The van der Waals surface area contributed by atoms with E-state index in [1.807, 2.05) is 18.7 Å². The lowest BCUT2D eigenvalue weighted by Gasteiger charge is -2.29. The number of hydrogen-bond acceptors (Lipinski definition) is 7. The Balaban J connectivity index is 1.92. The molecule has 0 radical (unpaired) electrons. The summed E-state index contributed by atoms with van der Waals surface area (Å²) in [5.41, 5.74) is -0.00687. The van der Waals surface area contributed by atoms with Gasteiger partial charge >= 0.3 is 0 Å². The molecule has 1 aliphatic heterocycles. The van der Waals surface area contributed by atoms with Crippen LogP contribution >= 0.6 is 0 Å². The van der Waals surface area contributed by atoms with Gasteiger partial charge in [0.2, 0.25) is 0 Å². The molecule has 1 aromatic carbocycles. The van der Waals surface area contributed by atoms with Crippen molar-refractivity contribution in [3.05, 3.63) is 52.7 Å². The number of amides is 1. The quantitative estimate of drug-likeness (QED) is 0.375. The second-order valence-corrected chi connectivity index (χ2v) is 8.72. The lowest BCUT2D eigenvalue weighted by molar-refractivity contribution is -0.118. The Hall–Kier alpha value is -3.60. The molecule has 0 atom stereocenters. The maximum absolute atomic E-state index is 14.0. The number of allylic oxidation sites excluding steroid dienone is 1. The number of aromatic nitrogens is 3. The number of aldehydes is 1. The van der Waals surface area contributed by atoms with Gasteiger partial charge in [0, 0.05) is 25.6 Å². The fourth-order valence-corrected chi connectivity index (χ4v) is 3.73. The van der Waals surface area contributed by atoms with E-state index >= 15 is 0 Å². The molecule has 11 heteroatoms. The third-order valence-corrected chi connectivity index (χ3v) is 5.38. The highest BCUT2D eigenvalue weighted by Gasteiger charge is 2.32. The van der Waals surface area contributed by atoms with Crippen LogP contribution in [-0.2, 0) is 20.9 Å². The van der Waals surface area contributed by atoms with Gasteiger partial charge in [0.25, 0.3) is 5.91 Å². The number of nitrogens with one attached hydrogen (secondary N) is 1. The molecule has 10 nitrogen and oxygen atoms in total. The number of carbonyl (C=O) groups is 2. The SMILES string of the molecule is Cc1nc(C)n(-c2cc(F)ccc2CNC(=O)/C(N=C2N(C)CCOCC2(C)C)=C(\O)C=O)n1. The number of ether oxygens (including phenoxy) is 1. The number of amidine groups is 1. The van der Waals surface area contributed by atoms with Crippen LogP contribution < -0.4 is 5.32 Å². The molecule has 0 aliphatic carbocycles. The summed E-state index contributed by atoms with van der Waals surface area (Å²) in [6, 6.07) is 4.09. The van der Waals surface area contributed by atoms with Gasteiger partial charge in [-0.2, -0.15) is 5.10 Å². The fraction of sp³-hybridized carbons (Fsp3) is 0.435. The van der Waals surface area contributed by atoms with E-state index in [1.165, 1.54) is 22.9 Å². The second-order valence-electron chi connectivity index (χ2n) is 8.72. The first-order valence-corrected chi connectivity index (χ1v) is 10.8. The van der Waals surface area contributed by atoms with Crippen LogP contribution in [0.15, 0.2) is 34.6 Å². The van der Waals surface area contributed by atoms with Crippen molar-refractivity contribution < 1.29 is 23.8 Å². The Labute approximate surface area is 197 Å². The fourth-order valence-electron chi connectivity index (χ4n) is 3.73. The minimum atomic E-state index is -0.790. The minimum absolute atomic E-state index is 0.0321. The minimum Gasteiger partial charge on any atom is -0.503 e. The van der Waals surface area contributed by atoms with Gasteiger partial charge in [-0.1, -0.05) is 19.9 Å². The average molecular weight is 473 g/mol. The van der Waals surface area contributed by atoms with Gasteiger partial charge in [-0.3, -0.25) is 9.59 Å². The van der Waals surface area contributed by atoms with Crippen molar-refractivity contribution >= 4 is 18.0 Å². The summed E-state index contributed by atoms with van der Waals surface area (Å²) in [4.78, 5) is 34.8. The maximum Gasteiger partial charge on any atom is 0.274 e. The van der Waals surface area contributed by atoms with Crippen LogP contribution in [0.1, 0.15) is 31.1 Å². The highest BCUT2D eigenvalue weighted by Crippen LogP contribution is 2.25. The number of aryl methyl sites for hydroxylation is 2. The van der Waals surface area contributed by atoms with E-state index in [2.05, 4.69) is 20.4 Å². The lowest BCUT2D eigenvalue weighted by Crippen LogP contribution is -2.40. The number of aliphatic hydroxyl groups excluding tert-OH is 1. The third kappa shape index (κ3) is 5.48. The number of likely N-dealkylation sites (N-methyl/N-ethyl adjacent to an activating group) is 1. The molecule has 0 unspecified atom stereocenters. The summed E-state index contributed by atoms with van der Waals surface area (Å²) in [7, 11) is 1.80. The predicted octanol–water partition coefficient (Wildman–Crippen LogP) is 1.99. The number of aliphatic imine (C=N–C) groups is 1. The Kier molecular flexibility index (Phi) is 7.45. The molecule has 1 saturated heterocycles. The molecule has 2 N–H and O–H groups in total. The number of carbonyl (C=O) groups excluding carboxylic acids is 2. The molecule has 1 aliphatic rings. The normalized spacial score (nSPS) is 17.8. The summed E-state index contributed by atoms with van der Waals surface area (Å²) >= 11 is 0. The van der Waals surface area contributed by atoms with Crippen LogP contribution in [0.25, 0.3) is 5.69 Å². The van der Waals surface area contributed by atoms with Crippen LogP contribution in [0.5, 0.6) is 0 Å². The van der Waals surface area contributed by atoms with Crippen LogP contribution in [-0.4, -0.2) is 69.6 Å². The van der Waals surface area contributed by atoms with E-state index in [0.717, 1.165) is 0 Å². The zero-order valence-electron chi connectivity index (χ0n) is 19.9. The summed E-state index contributed by atoms with van der Waals surface area (Å²) in [6.07, 6.45) is 0.171. The Bertz CT molecular complexity index is 1150. The first kappa shape index (κ1) is 25.0. The van der Waals surface area contributed by atoms with Crippen LogP contribution in [0.3, 0.4) is 0 Å². The zero-order chi connectivity index (χ0) is 25.0. The van der Waals surface area contributed by atoms with E-state index in [0.29, 0.717) is 48.5 Å². The van der Waals surface area contributed by atoms with E-state index in [-0.39, 0.29) is 12.8 Å². The largest absolute Gasteiger partial charge is 0.503 e. The number of benzene rings is 1. The molecular weight excluding hydrogens is 443 g/mol. The third-order valence-electron chi connectivity index (χ3n) is 5.38. The van der Waals surface area contributed by atoms with Crippen molar-refractivity contribution in [2.75, 3.05) is 26.8 Å². The smallest absolute Gasteiger partial charge is 0.274 e. The van der Waals surface area contributed by atoms with E-state index < -0.39 is 28.6 Å². The number of nitrogens with zero attached hydrogens (tertiary/aromatic N) is 5. The maximum atomic E-state index is 14.0. The molecule has 2 aromatic rings. The first-order chi connectivity index (χ1) is 16.0. The number of aliphatic hydroxyl groups is 1. The van der Waals surface area contributed by atoms with Gasteiger partial charge in [-0.25, -0.2) is 19.0 Å². The van der Waals surface area contributed by atoms with Crippen molar-refractivity contribution in [2.45, 2.75) is 34.2 Å². The molecule has 1 aromatic heterocycles. The second kappa shape index (κ2) is 10.1. The first-order valence-electron chi connectivity index (χ1n) is 10.8. The lowest BCUT2D eigenvalue weighted by atomic mass is 9.92. The van der Waals surface area contributed by atoms with Gasteiger partial charge in [-0.15, -0.1) is 0 Å². The molecule has 0 saturated carbocycles. The molecule has 1 fully saturated rings. The van der Waals surface area contributed by atoms with Crippen LogP contribution in [0, 0.1) is 25.1 Å². The summed E-state index contributed by atoms with van der Waals surface area (Å²) in [6.45, 7) is 8.61. The highest BCUT2D eigenvalue weighted by atomic mass is 19.1. The molecule has 2 heterocycles. The zero-order valence-corrected chi connectivity index (χ0v) is 19.9. The Morgan fingerprint density at radius 2 is 2.12 bits per heavy atom. The van der Waals surface area contributed by atoms with Gasteiger partial charge in [0.05, 0.1) is 18.9 Å². The Morgan fingerprint density at radius 3 is 2.76 bits per heavy atom. The molecule has 0 spiro atoms. The Morgan fingerprint density at radius 1 is 1.38 bits per heavy atom. The molecule has 0 bridgehead atoms. The van der Waals surface area contributed by atoms with E-state index in [9.17, 15) is 19.1 Å². The van der Waals surface area contributed by atoms with Gasteiger partial charge < -0.3 is 20.1 Å². The van der Waals surface area contributed by atoms with Gasteiger partial charge in [0.15, 0.2) is 17.7 Å². The molecule has 182 valence electrons. The number of rotatable bonds is 6. The standard InChI is InChI=1S/C23H29FN6O4/c1-14-26-15(2)30(28-14)18-10-17(24)7-6-16(18)11-25-21(33)20(19(32)12-31)27-22-23(3,4)13-34-9-8-29(22)5/h6-7,10,12,32H,8-9,11,13H2,1-5H3,(H,25,33)/b20-19+,27-22?. The van der Waals surface area contributed by atoms with E-state index in [1.54, 1.807) is 20.9 Å². The van der Waals surface area contributed by atoms with Gasteiger partial charge in [-0.05, 0) is 31.5 Å². The monoisotopic (exact) mass is 472 g/mol. The topological polar surface area (TPSA) is 122 Å². The summed E-state index contributed by atoms with van der Waals surface area (Å²) in [5.74, 6) is -0.437. The molecule has 3 rings (SSSR count). The van der Waals surface area contributed by atoms with Gasteiger partial charge in [0.1, 0.15) is 23.3 Å². The molecule has 34 heavy (non-hydrogen) atoms. The average Bonchev–Trinajstić information content (AvgIpc) is 3.06.